The molecule has 0 bridgehead atoms. The summed E-state index contributed by atoms with van der Waals surface area (Å²) in [7, 11) is -3.76. The lowest BCUT2D eigenvalue weighted by Gasteiger charge is -2.34. The van der Waals surface area contributed by atoms with Crippen LogP contribution in [0.25, 0.3) is 0 Å². The van der Waals surface area contributed by atoms with E-state index in [1.165, 1.54) is 28.6 Å². The van der Waals surface area contributed by atoms with Crippen molar-refractivity contribution in [3.05, 3.63) is 59.7 Å². The van der Waals surface area contributed by atoms with E-state index in [1.54, 1.807) is 29.2 Å². The first-order chi connectivity index (χ1) is 14.8. The van der Waals surface area contributed by atoms with Gasteiger partial charge in [-0.3, -0.25) is 14.4 Å². The molecule has 0 unspecified atom stereocenters. The highest BCUT2D eigenvalue weighted by atomic mass is 32.2. The molecule has 2 aromatic carbocycles. The number of anilines is 1. The predicted molar refractivity (Wildman–Crippen MR) is 113 cm³/mol. The van der Waals surface area contributed by atoms with Crippen molar-refractivity contribution >= 4 is 33.4 Å². The van der Waals surface area contributed by atoms with Gasteiger partial charge >= 0.3 is 0 Å². The Morgan fingerprint density at radius 1 is 0.871 bits per heavy atom. The minimum absolute atomic E-state index is 0.0644. The number of nitrogens with two attached hydrogens (primary N) is 1. The highest BCUT2D eigenvalue weighted by Crippen LogP contribution is 2.29. The molecule has 0 saturated carbocycles. The number of nitrogens with zero attached hydrogens (tertiary/aromatic N) is 3. The Hall–Kier alpha value is -3.08. The molecule has 0 atom stereocenters. The van der Waals surface area contributed by atoms with E-state index in [0.29, 0.717) is 29.9 Å². The molecule has 0 spiro atoms. The summed E-state index contributed by atoms with van der Waals surface area (Å²) in [6.45, 7) is 1.27. The van der Waals surface area contributed by atoms with Crippen LogP contribution in [0.2, 0.25) is 0 Å². The number of carbonyl (C=O) groups excluding carboxylic acids is 3. The van der Waals surface area contributed by atoms with Gasteiger partial charge in [0.2, 0.25) is 15.9 Å². The summed E-state index contributed by atoms with van der Waals surface area (Å²) in [5.41, 5.74) is 6.37. The monoisotopic (exact) mass is 442 g/mol. The van der Waals surface area contributed by atoms with Crippen LogP contribution in [0.15, 0.2) is 53.4 Å². The second-order valence-electron chi connectivity index (χ2n) is 7.31. The van der Waals surface area contributed by atoms with Gasteiger partial charge in [-0.15, -0.1) is 0 Å². The van der Waals surface area contributed by atoms with E-state index in [1.807, 2.05) is 0 Å². The maximum absolute atomic E-state index is 13.0. The molecule has 4 rings (SSSR count). The van der Waals surface area contributed by atoms with Crippen molar-refractivity contribution in [1.82, 2.24) is 9.21 Å². The molecule has 2 aliphatic heterocycles. The summed E-state index contributed by atoms with van der Waals surface area (Å²) < 4.78 is 27.3. The fourth-order valence-electron chi connectivity index (χ4n) is 3.80. The third kappa shape index (κ3) is 3.73. The Kier molecular flexibility index (Phi) is 5.61. The number of amides is 3. The van der Waals surface area contributed by atoms with Crippen LogP contribution < -0.4 is 10.6 Å². The third-order valence-corrected chi connectivity index (χ3v) is 7.39. The first-order valence-electron chi connectivity index (χ1n) is 9.90. The zero-order valence-corrected chi connectivity index (χ0v) is 17.5. The fraction of sp³-hybridized carbons (Fsp3) is 0.286. The number of fused-ring (bicyclic) bond motifs is 1. The highest BCUT2D eigenvalue weighted by Gasteiger charge is 2.36. The zero-order valence-electron chi connectivity index (χ0n) is 16.7. The molecule has 2 aromatic rings. The second kappa shape index (κ2) is 8.22. The fourth-order valence-corrected chi connectivity index (χ4v) is 5.22. The van der Waals surface area contributed by atoms with Crippen LogP contribution in [-0.2, 0) is 14.8 Å². The third-order valence-electron chi connectivity index (χ3n) is 5.48. The Bertz CT molecular complexity index is 1100. The molecule has 9 nitrogen and oxygen atoms in total. The van der Waals surface area contributed by atoms with Crippen molar-refractivity contribution in [2.45, 2.75) is 11.3 Å². The van der Waals surface area contributed by atoms with E-state index >= 15 is 0 Å². The number of hydrogen-bond acceptors (Lipinski definition) is 6. The molecule has 2 heterocycles. The van der Waals surface area contributed by atoms with E-state index in [9.17, 15) is 22.8 Å². The lowest BCUT2D eigenvalue weighted by atomic mass is 10.1. The summed E-state index contributed by atoms with van der Waals surface area (Å²) in [6, 6.07) is 12.2. The lowest BCUT2D eigenvalue weighted by molar-refractivity contribution is -0.132. The Labute approximate surface area is 180 Å². The van der Waals surface area contributed by atoms with Crippen molar-refractivity contribution in [2.24, 2.45) is 5.73 Å². The van der Waals surface area contributed by atoms with Crippen molar-refractivity contribution in [2.75, 3.05) is 37.6 Å². The lowest BCUT2D eigenvalue weighted by Crippen LogP contribution is -2.50. The number of carbonyl (C=O) groups is 3. The van der Waals surface area contributed by atoms with E-state index in [0.717, 1.165) is 4.90 Å². The summed E-state index contributed by atoms with van der Waals surface area (Å²) in [5.74, 6) is -0.950. The van der Waals surface area contributed by atoms with Crippen LogP contribution in [0.4, 0.5) is 5.69 Å². The molecule has 2 aliphatic rings. The van der Waals surface area contributed by atoms with Crippen molar-refractivity contribution < 1.29 is 22.8 Å². The highest BCUT2D eigenvalue weighted by molar-refractivity contribution is 7.89. The van der Waals surface area contributed by atoms with Gasteiger partial charge in [0, 0.05) is 39.1 Å². The number of sulfonamides is 1. The van der Waals surface area contributed by atoms with Gasteiger partial charge in [0.15, 0.2) is 0 Å². The second-order valence-corrected chi connectivity index (χ2v) is 9.25. The largest absolute Gasteiger partial charge is 0.340 e. The average Bonchev–Trinajstić information content (AvgIpc) is 3.04. The number of rotatable bonds is 5. The predicted octanol–water partition coefficient (Wildman–Crippen LogP) is 0.669. The SMILES string of the molecule is NCCC(=O)N1CCN(S(=O)(=O)c2ccc(N3C(=O)c4ccccc4C3=O)cc2)CC1. The Balaban J connectivity index is 1.49. The van der Waals surface area contributed by atoms with Gasteiger partial charge in [-0.05, 0) is 36.4 Å². The summed E-state index contributed by atoms with van der Waals surface area (Å²) in [6.07, 6.45) is 0.242. The molecule has 0 aromatic heterocycles. The molecule has 10 heteroatoms. The van der Waals surface area contributed by atoms with Crippen LogP contribution in [-0.4, -0.2) is 68.1 Å². The maximum atomic E-state index is 13.0. The minimum atomic E-state index is -3.76. The molecule has 1 fully saturated rings. The number of benzene rings is 2. The molecule has 31 heavy (non-hydrogen) atoms. The zero-order chi connectivity index (χ0) is 22.2. The van der Waals surface area contributed by atoms with Gasteiger partial charge in [0.25, 0.3) is 11.8 Å². The van der Waals surface area contributed by atoms with Crippen LogP contribution in [0.1, 0.15) is 27.1 Å². The van der Waals surface area contributed by atoms with Crippen LogP contribution in [0.5, 0.6) is 0 Å². The maximum Gasteiger partial charge on any atom is 0.266 e. The van der Waals surface area contributed by atoms with Gasteiger partial charge < -0.3 is 10.6 Å². The van der Waals surface area contributed by atoms with Crippen molar-refractivity contribution in [3.63, 3.8) is 0 Å². The topological polar surface area (TPSA) is 121 Å². The molecular formula is C21H22N4O5S. The summed E-state index contributed by atoms with van der Waals surface area (Å²) >= 11 is 0. The van der Waals surface area contributed by atoms with Crippen LogP contribution in [0.3, 0.4) is 0 Å². The van der Waals surface area contributed by atoms with Crippen LogP contribution in [0, 0.1) is 0 Å². The standard InChI is InChI=1S/C21H22N4O5S/c22-10-9-19(26)23-11-13-24(14-12-23)31(29,30)16-7-5-15(6-8-16)25-20(27)17-3-1-2-4-18(17)21(25)28/h1-8H,9-14,22H2. The van der Waals surface area contributed by atoms with Gasteiger partial charge in [-0.1, -0.05) is 12.1 Å². The summed E-state index contributed by atoms with van der Waals surface area (Å²) in [5, 5.41) is 0. The number of hydrogen-bond donors (Lipinski definition) is 1. The minimum Gasteiger partial charge on any atom is -0.340 e. The van der Waals surface area contributed by atoms with E-state index < -0.39 is 21.8 Å². The normalized spacial score (nSPS) is 17.2. The van der Waals surface area contributed by atoms with Gasteiger partial charge in [-0.25, -0.2) is 13.3 Å². The number of piperazine rings is 1. The first-order valence-corrected chi connectivity index (χ1v) is 11.3. The molecule has 3 amide bonds. The van der Waals surface area contributed by atoms with Gasteiger partial charge in [-0.2, -0.15) is 4.31 Å². The smallest absolute Gasteiger partial charge is 0.266 e. The molecule has 0 radical (unpaired) electrons. The summed E-state index contributed by atoms with van der Waals surface area (Å²) in [4.78, 5) is 39.9. The first kappa shape index (κ1) is 21.2. The molecule has 162 valence electrons. The Morgan fingerprint density at radius 2 is 1.42 bits per heavy atom. The van der Waals surface area contributed by atoms with Gasteiger partial charge in [0.1, 0.15) is 0 Å². The van der Waals surface area contributed by atoms with E-state index in [-0.39, 0.29) is 36.9 Å². The molecular weight excluding hydrogens is 420 g/mol. The average molecular weight is 442 g/mol. The van der Waals surface area contributed by atoms with E-state index in [4.69, 9.17) is 5.73 Å². The quantitative estimate of drug-likeness (QED) is 0.680. The molecule has 2 N–H and O–H groups in total. The Morgan fingerprint density at radius 3 is 1.94 bits per heavy atom. The van der Waals surface area contributed by atoms with Gasteiger partial charge in [0.05, 0.1) is 21.7 Å². The van der Waals surface area contributed by atoms with Crippen molar-refractivity contribution in [3.8, 4) is 0 Å². The van der Waals surface area contributed by atoms with Crippen molar-refractivity contribution in [1.29, 1.82) is 0 Å². The van der Waals surface area contributed by atoms with E-state index in [2.05, 4.69) is 0 Å². The molecule has 1 saturated heterocycles. The van der Waals surface area contributed by atoms with Crippen LogP contribution >= 0.6 is 0 Å². The molecule has 0 aliphatic carbocycles. The number of imide groups is 1.